The molecule has 0 amide bonds. The van der Waals surface area contributed by atoms with Gasteiger partial charge < -0.3 is 10.2 Å². The van der Waals surface area contributed by atoms with Crippen molar-refractivity contribution in [2.45, 2.75) is 65.1 Å². The molecule has 1 aliphatic rings. The number of fused-ring (bicyclic) bond motifs is 1. The molecule has 1 aromatic rings. The fourth-order valence-electron chi connectivity index (χ4n) is 3.08. The summed E-state index contributed by atoms with van der Waals surface area (Å²) in [5, 5.41) is 3.30. The van der Waals surface area contributed by atoms with Crippen molar-refractivity contribution in [1.82, 2.24) is 5.32 Å². The number of benzene rings is 1. The number of nitrogens with one attached hydrogen (secondary N) is 1. The third-order valence-electron chi connectivity index (χ3n) is 4.50. The lowest BCUT2D eigenvalue weighted by molar-refractivity contribution is 0.393. The summed E-state index contributed by atoms with van der Waals surface area (Å²) in [5.74, 6) is 0.364. The zero-order valence-electron chi connectivity index (χ0n) is 13.5. The highest BCUT2D eigenvalue weighted by Crippen LogP contribution is 2.43. The van der Waals surface area contributed by atoms with E-state index < -0.39 is 0 Å². The Bertz CT molecular complexity index is 494. The molecule has 0 saturated heterocycles. The van der Waals surface area contributed by atoms with Crippen LogP contribution in [0.4, 0.5) is 10.1 Å². The maximum Gasteiger partial charge on any atom is 0.129 e. The van der Waals surface area contributed by atoms with Gasteiger partial charge in [0.15, 0.2) is 0 Å². The fourth-order valence-corrected chi connectivity index (χ4v) is 3.08. The molecule has 2 nitrogen and oxygen atoms in total. The Balaban J connectivity index is 2.38. The van der Waals surface area contributed by atoms with Crippen molar-refractivity contribution < 1.29 is 4.39 Å². The number of hydrogen-bond acceptors (Lipinski definition) is 2. The Labute approximate surface area is 122 Å². The molecule has 0 aromatic heterocycles. The van der Waals surface area contributed by atoms with Crippen molar-refractivity contribution in [2.24, 2.45) is 0 Å². The summed E-state index contributed by atoms with van der Waals surface area (Å²) >= 11 is 0. The van der Waals surface area contributed by atoms with Crippen LogP contribution >= 0.6 is 0 Å². The largest absolute Gasteiger partial charge is 0.369 e. The Hall–Kier alpha value is -1.09. The second kappa shape index (κ2) is 5.36. The van der Waals surface area contributed by atoms with Crippen LogP contribution in [-0.2, 0) is 6.54 Å². The maximum atomic E-state index is 14.3. The number of hydrogen-bond donors (Lipinski definition) is 1. The average molecular weight is 278 g/mol. The molecule has 2 rings (SSSR count). The van der Waals surface area contributed by atoms with Crippen molar-refractivity contribution >= 4 is 5.69 Å². The molecule has 1 aliphatic heterocycles. The molecule has 112 valence electrons. The summed E-state index contributed by atoms with van der Waals surface area (Å²) in [4.78, 5) is 2.21. The van der Waals surface area contributed by atoms with Crippen LogP contribution in [0, 0.1) is 5.82 Å². The minimum atomic E-state index is -0.103. The van der Waals surface area contributed by atoms with Crippen molar-refractivity contribution in [3.05, 3.63) is 29.1 Å². The van der Waals surface area contributed by atoms with Crippen LogP contribution in [0.15, 0.2) is 12.1 Å². The number of nitrogens with zero attached hydrogens (tertiary/aromatic N) is 1. The Morgan fingerprint density at radius 2 is 2.05 bits per heavy atom. The average Bonchev–Trinajstić information content (AvgIpc) is 2.33. The van der Waals surface area contributed by atoms with E-state index >= 15 is 0 Å². The molecule has 1 unspecified atom stereocenters. The molecule has 1 N–H and O–H groups in total. The van der Waals surface area contributed by atoms with Gasteiger partial charge in [0, 0.05) is 36.4 Å². The van der Waals surface area contributed by atoms with Gasteiger partial charge in [0.25, 0.3) is 0 Å². The van der Waals surface area contributed by atoms with Gasteiger partial charge in [0.1, 0.15) is 5.82 Å². The molecule has 0 radical (unpaired) electrons. The van der Waals surface area contributed by atoms with E-state index in [1.807, 2.05) is 0 Å². The van der Waals surface area contributed by atoms with Crippen molar-refractivity contribution in [2.75, 3.05) is 11.9 Å². The van der Waals surface area contributed by atoms with Crippen LogP contribution in [0.1, 0.15) is 58.1 Å². The molecule has 1 heterocycles. The summed E-state index contributed by atoms with van der Waals surface area (Å²) in [6.07, 6.45) is 1.10. The van der Waals surface area contributed by atoms with Crippen LogP contribution in [0.2, 0.25) is 0 Å². The summed E-state index contributed by atoms with van der Waals surface area (Å²) < 4.78 is 14.3. The first-order valence-corrected chi connectivity index (χ1v) is 7.52. The number of anilines is 1. The van der Waals surface area contributed by atoms with Crippen LogP contribution in [0.25, 0.3) is 0 Å². The standard InChI is InChI=1S/C17H27FN2/c1-11(2)19-10-13-7-14-12(3)9-17(4,5)20(6)16(14)8-15(13)18/h7-8,11-12,19H,9-10H2,1-6H3. The number of halogens is 1. The molecule has 0 spiro atoms. The summed E-state index contributed by atoms with van der Waals surface area (Å²) in [6.45, 7) is 11.4. The highest BCUT2D eigenvalue weighted by molar-refractivity contribution is 5.60. The highest BCUT2D eigenvalue weighted by Gasteiger charge is 2.34. The molecule has 0 bridgehead atoms. The predicted octanol–water partition coefficient (Wildman–Crippen LogP) is 4.05. The van der Waals surface area contributed by atoms with Crippen LogP contribution < -0.4 is 10.2 Å². The zero-order chi connectivity index (χ0) is 15.1. The van der Waals surface area contributed by atoms with E-state index in [-0.39, 0.29) is 11.4 Å². The second-order valence-corrected chi connectivity index (χ2v) is 7.01. The maximum absolute atomic E-state index is 14.3. The summed E-state index contributed by atoms with van der Waals surface area (Å²) in [7, 11) is 2.07. The molecule has 1 atom stereocenters. The van der Waals surface area contributed by atoms with Gasteiger partial charge in [-0.2, -0.15) is 0 Å². The highest BCUT2D eigenvalue weighted by atomic mass is 19.1. The van der Waals surface area contributed by atoms with E-state index in [2.05, 4.69) is 57.9 Å². The first-order chi connectivity index (χ1) is 9.22. The lowest BCUT2D eigenvalue weighted by Gasteiger charge is -2.45. The minimum Gasteiger partial charge on any atom is -0.369 e. The van der Waals surface area contributed by atoms with E-state index in [9.17, 15) is 4.39 Å². The molecule has 0 aliphatic carbocycles. The molecule has 1 aromatic carbocycles. The Morgan fingerprint density at radius 1 is 1.40 bits per heavy atom. The van der Waals surface area contributed by atoms with Crippen LogP contribution in [-0.4, -0.2) is 18.6 Å². The lowest BCUT2D eigenvalue weighted by Crippen LogP contribution is -2.45. The van der Waals surface area contributed by atoms with E-state index in [0.717, 1.165) is 17.7 Å². The summed E-state index contributed by atoms with van der Waals surface area (Å²) in [6, 6.07) is 4.13. The molecule has 0 fully saturated rings. The zero-order valence-corrected chi connectivity index (χ0v) is 13.5. The molecule has 3 heteroatoms. The normalized spacial score (nSPS) is 21.2. The van der Waals surface area contributed by atoms with Gasteiger partial charge in [-0.1, -0.05) is 20.8 Å². The third-order valence-corrected chi connectivity index (χ3v) is 4.50. The fraction of sp³-hybridized carbons (Fsp3) is 0.647. The van der Waals surface area contributed by atoms with Gasteiger partial charge in [-0.05, 0) is 43.9 Å². The second-order valence-electron chi connectivity index (χ2n) is 7.01. The van der Waals surface area contributed by atoms with Crippen LogP contribution in [0.3, 0.4) is 0 Å². The Kier molecular flexibility index (Phi) is 4.10. The first kappa shape index (κ1) is 15.3. The van der Waals surface area contributed by atoms with E-state index in [4.69, 9.17) is 0 Å². The molecule has 20 heavy (non-hydrogen) atoms. The van der Waals surface area contributed by atoms with Gasteiger partial charge in [-0.3, -0.25) is 0 Å². The molecular formula is C17H27FN2. The Morgan fingerprint density at radius 3 is 2.65 bits per heavy atom. The van der Waals surface area contributed by atoms with E-state index in [1.54, 1.807) is 6.07 Å². The van der Waals surface area contributed by atoms with Gasteiger partial charge in [-0.15, -0.1) is 0 Å². The monoisotopic (exact) mass is 278 g/mol. The first-order valence-electron chi connectivity index (χ1n) is 7.52. The van der Waals surface area contributed by atoms with Crippen molar-refractivity contribution in [3.63, 3.8) is 0 Å². The smallest absolute Gasteiger partial charge is 0.129 e. The van der Waals surface area contributed by atoms with Gasteiger partial charge in [0.05, 0.1) is 0 Å². The molecule has 0 saturated carbocycles. The SMILES string of the molecule is CC(C)NCc1cc2c(cc1F)N(C)C(C)(C)CC2C. The van der Waals surface area contributed by atoms with E-state index in [1.165, 1.54) is 5.56 Å². The minimum absolute atomic E-state index is 0.0799. The topological polar surface area (TPSA) is 15.3 Å². The number of rotatable bonds is 3. The van der Waals surface area contributed by atoms with Gasteiger partial charge >= 0.3 is 0 Å². The van der Waals surface area contributed by atoms with Gasteiger partial charge in [-0.25, -0.2) is 4.39 Å². The van der Waals surface area contributed by atoms with E-state index in [0.29, 0.717) is 18.5 Å². The molecular weight excluding hydrogens is 251 g/mol. The predicted molar refractivity (Wildman–Crippen MR) is 83.9 cm³/mol. The van der Waals surface area contributed by atoms with Gasteiger partial charge in [0.2, 0.25) is 0 Å². The van der Waals surface area contributed by atoms with Crippen molar-refractivity contribution in [3.8, 4) is 0 Å². The quantitative estimate of drug-likeness (QED) is 0.897. The summed E-state index contributed by atoms with van der Waals surface area (Å²) in [5.41, 5.74) is 3.17. The van der Waals surface area contributed by atoms with Crippen molar-refractivity contribution in [1.29, 1.82) is 0 Å². The van der Waals surface area contributed by atoms with Crippen LogP contribution in [0.5, 0.6) is 0 Å². The third kappa shape index (κ3) is 2.83. The lowest BCUT2D eigenvalue weighted by atomic mass is 9.80.